The van der Waals surface area contributed by atoms with Gasteiger partial charge in [0, 0.05) is 6.61 Å². The molecule has 0 unspecified atom stereocenters. The maximum absolute atomic E-state index is 8.53. The molecule has 0 aromatic carbocycles. The minimum absolute atomic E-state index is 0.357. The number of hydrogen-bond donors (Lipinski definition) is 1. The van der Waals surface area contributed by atoms with E-state index in [2.05, 4.69) is 19.1 Å². The van der Waals surface area contributed by atoms with Gasteiger partial charge in [0.15, 0.2) is 0 Å². The molecule has 12 heavy (non-hydrogen) atoms. The second-order valence-corrected chi connectivity index (χ2v) is 3.16. The molecule has 0 amide bonds. The topological polar surface area (TPSA) is 20.2 Å². The Morgan fingerprint density at radius 2 is 1.58 bits per heavy atom. The van der Waals surface area contributed by atoms with Gasteiger partial charge in [-0.3, -0.25) is 0 Å². The van der Waals surface area contributed by atoms with E-state index < -0.39 is 0 Å². The third-order valence-corrected chi connectivity index (χ3v) is 1.93. The maximum Gasteiger partial charge on any atom is 0.0431 e. The van der Waals surface area contributed by atoms with Gasteiger partial charge in [0.05, 0.1) is 0 Å². The fourth-order valence-electron chi connectivity index (χ4n) is 1.19. The van der Waals surface area contributed by atoms with Gasteiger partial charge in [-0.2, -0.15) is 0 Å². The van der Waals surface area contributed by atoms with Crippen LogP contribution in [0.4, 0.5) is 0 Å². The Balaban J connectivity index is 2.86. The Hall–Kier alpha value is -0.300. The number of aliphatic hydroxyl groups excluding tert-OH is 1. The molecule has 0 rings (SSSR count). The molecular weight excluding hydrogens is 148 g/mol. The van der Waals surface area contributed by atoms with Gasteiger partial charge in [-0.15, -0.1) is 0 Å². The summed E-state index contributed by atoms with van der Waals surface area (Å²) in [5.74, 6) is 0. The molecule has 0 heterocycles. The van der Waals surface area contributed by atoms with Crippen LogP contribution in [0.1, 0.15) is 51.9 Å². The van der Waals surface area contributed by atoms with Crippen LogP contribution in [0.2, 0.25) is 0 Å². The molecule has 0 aromatic heterocycles. The molecule has 0 saturated carbocycles. The minimum Gasteiger partial charge on any atom is -0.396 e. The summed E-state index contributed by atoms with van der Waals surface area (Å²) in [7, 11) is 0. The van der Waals surface area contributed by atoms with E-state index in [-0.39, 0.29) is 0 Å². The molecule has 0 aromatic rings. The van der Waals surface area contributed by atoms with Crippen molar-refractivity contribution in [2.45, 2.75) is 51.9 Å². The summed E-state index contributed by atoms with van der Waals surface area (Å²) in [5, 5.41) is 8.53. The minimum atomic E-state index is 0.357. The first-order valence-electron chi connectivity index (χ1n) is 5.17. The van der Waals surface area contributed by atoms with E-state index in [1.807, 2.05) is 0 Å². The first kappa shape index (κ1) is 11.7. The molecule has 0 radical (unpaired) electrons. The highest BCUT2D eigenvalue weighted by Crippen LogP contribution is 2.05. The van der Waals surface area contributed by atoms with E-state index in [4.69, 9.17) is 5.11 Å². The van der Waals surface area contributed by atoms with Crippen molar-refractivity contribution in [2.75, 3.05) is 6.61 Å². The van der Waals surface area contributed by atoms with Crippen LogP contribution in [0.5, 0.6) is 0 Å². The highest BCUT2D eigenvalue weighted by Gasteiger charge is 1.87. The fourth-order valence-corrected chi connectivity index (χ4v) is 1.19. The Bertz CT molecular complexity index is 97.2. The standard InChI is InChI=1S/C11H22O/c1-2-3-4-5-6-7-8-9-10-11-12/h3-4,12H,2,5-11H2,1H3/b4-3+. The SMILES string of the molecule is CC/C=C/CCCCCCCO. The number of rotatable bonds is 8. The molecule has 0 saturated heterocycles. The van der Waals surface area contributed by atoms with Crippen LogP contribution in [0.25, 0.3) is 0 Å². The monoisotopic (exact) mass is 170 g/mol. The molecule has 0 aliphatic rings. The zero-order valence-electron chi connectivity index (χ0n) is 8.26. The van der Waals surface area contributed by atoms with E-state index in [1.54, 1.807) is 0 Å². The van der Waals surface area contributed by atoms with Crippen molar-refractivity contribution < 1.29 is 5.11 Å². The van der Waals surface area contributed by atoms with Crippen LogP contribution in [-0.2, 0) is 0 Å². The average molecular weight is 170 g/mol. The van der Waals surface area contributed by atoms with Crippen LogP contribution in [-0.4, -0.2) is 11.7 Å². The van der Waals surface area contributed by atoms with E-state index in [0.29, 0.717) is 6.61 Å². The van der Waals surface area contributed by atoms with Crippen molar-refractivity contribution in [3.05, 3.63) is 12.2 Å². The van der Waals surface area contributed by atoms with Crippen molar-refractivity contribution in [3.63, 3.8) is 0 Å². The quantitative estimate of drug-likeness (QED) is 0.438. The van der Waals surface area contributed by atoms with Crippen LogP contribution in [0.3, 0.4) is 0 Å². The first-order valence-corrected chi connectivity index (χ1v) is 5.17. The van der Waals surface area contributed by atoms with E-state index >= 15 is 0 Å². The van der Waals surface area contributed by atoms with Crippen molar-refractivity contribution >= 4 is 0 Å². The highest BCUT2D eigenvalue weighted by molar-refractivity contribution is 4.79. The van der Waals surface area contributed by atoms with Gasteiger partial charge in [-0.1, -0.05) is 38.3 Å². The molecule has 0 aliphatic carbocycles. The zero-order valence-corrected chi connectivity index (χ0v) is 8.26. The normalized spacial score (nSPS) is 11.2. The zero-order chi connectivity index (χ0) is 9.07. The molecule has 0 aliphatic heterocycles. The lowest BCUT2D eigenvalue weighted by molar-refractivity contribution is 0.282. The molecular formula is C11H22O. The lowest BCUT2D eigenvalue weighted by Crippen LogP contribution is -1.82. The molecule has 1 nitrogen and oxygen atoms in total. The molecule has 0 spiro atoms. The smallest absolute Gasteiger partial charge is 0.0431 e. The van der Waals surface area contributed by atoms with Gasteiger partial charge in [0.2, 0.25) is 0 Å². The molecule has 72 valence electrons. The Morgan fingerprint density at radius 3 is 2.25 bits per heavy atom. The van der Waals surface area contributed by atoms with Gasteiger partial charge in [0.25, 0.3) is 0 Å². The van der Waals surface area contributed by atoms with Crippen molar-refractivity contribution in [1.82, 2.24) is 0 Å². The summed E-state index contributed by atoms with van der Waals surface area (Å²) in [5.41, 5.74) is 0. The van der Waals surface area contributed by atoms with Gasteiger partial charge in [-0.25, -0.2) is 0 Å². The summed E-state index contributed by atoms with van der Waals surface area (Å²) >= 11 is 0. The van der Waals surface area contributed by atoms with Crippen molar-refractivity contribution in [1.29, 1.82) is 0 Å². The number of aliphatic hydroxyl groups is 1. The van der Waals surface area contributed by atoms with Crippen LogP contribution in [0, 0.1) is 0 Å². The summed E-state index contributed by atoms with van der Waals surface area (Å²) in [6.45, 7) is 2.52. The largest absolute Gasteiger partial charge is 0.396 e. The van der Waals surface area contributed by atoms with Crippen LogP contribution >= 0.6 is 0 Å². The lowest BCUT2D eigenvalue weighted by atomic mass is 10.1. The van der Waals surface area contributed by atoms with Gasteiger partial charge in [0.1, 0.15) is 0 Å². The predicted octanol–water partition coefficient (Wildman–Crippen LogP) is 3.29. The number of hydrogen-bond acceptors (Lipinski definition) is 1. The summed E-state index contributed by atoms with van der Waals surface area (Å²) in [6, 6.07) is 0. The van der Waals surface area contributed by atoms with E-state index in [0.717, 1.165) is 12.8 Å². The Morgan fingerprint density at radius 1 is 0.917 bits per heavy atom. The fraction of sp³-hybridized carbons (Fsp3) is 0.818. The summed E-state index contributed by atoms with van der Waals surface area (Å²) < 4.78 is 0. The molecule has 0 fully saturated rings. The molecule has 0 atom stereocenters. The third kappa shape index (κ3) is 9.70. The molecule has 0 bridgehead atoms. The second-order valence-electron chi connectivity index (χ2n) is 3.16. The predicted molar refractivity (Wildman–Crippen MR) is 54.2 cm³/mol. The van der Waals surface area contributed by atoms with Gasteiger partial charge >= 0.3 is 0 Å². The van der Waals surface area contributed by atoms with Crippen molar-refractivity contribution in [2.24, 2.45) is 0 Å². The van der Waals surface area contributed by atoms with E-state index in [9.17, 15) is 0 Å². The average Bonchev–Trinajstić information content (AvgIpc) is 2.10. The second kappa shape index (κ2) is 10.7. The Kier molecular flexibility index (Phi) is 10.4. The Labute approximate surface area is 76.5 Å². The highest BCUT2D eigenvalue weighted by atomic mass is 16.2. The first-order chi connectivity index (χ1) is 5.91. The van der Waals surface area contributed by atoms with Crippen LogP contribution < -0.4 is 0 Å². The molecule has 1 heteroatoms. The van der Waals surface area contributed by atoms with E-state index in [1.165, 1.54) is 32.1 Å². The van der Waals surface area contributed by atoms with Gasteiger partial charge in [-0.05, 0) is 25.7 Å². The van der Waals surface area contributed by atoms with Gasteiger partial charge < -0.3 is 5.11 Å². The van der Waals surface area contributed by atoms with Crippen LogP contribution in [0.15, 0.2) is 12.2 Å². The molecule has 1 N–H and O–H groups in total. The van der Waals surface area contributed by atoms with Crippen molar-refractivity contribution in [3.8, 4) is 0 Å². The number of unbranched alkanes of at least 4 members (excludes halogenated alkanes) is 5. The maximum atomic E-state index is 8.53. The third-order valence-electron chi connectivity index (χ3n) is 1.93. The lowest BCUT2D eigenvalue weighted by Gasteiger charge is -1.96. The summed E-state index contributed by atoms with van der Waals surface area (Å²) in [4.78, 5) is 0. The number of allylic oxidation sites excluding steroid dienone is 2. The summed E-state index contributed by atoms with van der Waals surface area (Å²) in [6.07, 6.45) is 13.0.